The normalized spacial score (nSPS) is 12.2. The number of nitrogens with one attached hydrogen (secondary N) is 2. The molecular formula is C19H19F3N2O3. The van der Waals surface area contributed by atoms with Gasteiger partial charge in [0, 0.05) is 5.69 Å². The Kier molecular flexibility index (Phi) is 6.44. The lowest BCUT2D eigenvalue weighted by atomic mass is 10.0. The molecule has 0 fully saturated rings. The summed E-state index contributed by atoms with van der Waals surface area (Å²) < 4.78 is 42.9. The van der Waals surface area contributed by atoms with E-state index in [1.807, 2.05) is 18.3 Å². The van der Waals surface area contributed by atoms with E-state index < -0.39 is 24.0 Å². The van der Waals surface area contributed by atoms with Gasteiger partial charge in [0.25, 0.3) is 0 Å². The maximum atomic E-state index is 12.6. The van der Waals surface area contributed by atoms with Crippen LogP contribution in [-0.4, -0.2) is 25.1 Å². The first-order valence-electron chi connectivity index (χ1n) is 8.07. The van der Waals surface area contributed by atoms with Gasteiger partial charge in [-0.3, -0.25) is 9.59 Å². The van der Waals surface area contributed by atoms with E-state index in [4.69, 9.17) is 4.74 Å². The molecule has 0 saturated carbocycles. The summed E-state index contributed by atoms with van der Waals surface area (Å²) in [5, 5.41) is 4.49. The maximum Gasteiger partial charge on any atom is 0.471 e. The molecule has 0 aliphatic heterocycles. The van der Waals surface area contributed by atoms with E-state index in [0.717, 1.165) is 5.56 Å². The van der Waals surface area contributed by atoms with E-state index in [2.05, 4.69) is 5.32 Å². The summed E-state index contributed by atoms with van der Waals surface area (Å²) >= 11 is 0. The fourth-order valence-corrected chi connectivity index (χ4v) is 2.45. The van der Waals surface area contributed by atoms with Gasteiger partial charge in [-0.2, -0.15) is 13.2 Å². The van der Waals surface area contributed by atoms with E-state index in [0.29, 0.717) is 17.0 Å². The van der Waals surface area contributed by atoms with E-state index in [1.54, 1.807) is 30.3 Å². The van der Waals surface area contributed by atoms with Gasteiger partial charge >= 0.3 is 12.1 Å². The molecule has 0 spiro atoms. The molecule has 2 aromatic rings. The molecule has 0 aliphatic rings. The van der Waals surface area contributed by atoms with Gasteiger partial charge in [-0.1, -0.05) is 24.3 Å². The van der Waals surface area contributed by atoms with Crippen molar-refractivity contribution in [2.75, 3.05) is 12.4 Å². The molecule has 0 bridgehead atoms. The molecule has 0 aliphatic carbocycles. The average molecular weight is 380 g/mol. The Morgan fingerprint density at radius 2 is 1.78 bits per heavy atom. The number of carbonyl (C=O) groups is 2. The van der Waals surface area contributed by atoms with Gasteiger partial charge in [-0.05, 0) is 42.3 Å². The summed E-state index contributed by atoms with van der Waals surface area (Å²) in [5.41, 5.74) is 1.80. The predicted molar refractivity (Wildman–Crippen MR) is 94.4 cm³/mol. The Labute approximate surface area is 154 Å². The van der Waals surface area contributed by atoms with Gasteiger partial charge in [0.1, 0.15) is 5.75 Å². The van der Waals surface area contributed by atoms with Crippen molar-refractivity contribution in [3.63, 3.8) is 0 Å². The fourth-order valence-electron chi connectivity index (χ4n) is 2.45. The van der Waals surface area contributed by atoms with Crippen LogP contribution in [0.2, 0.25) is 0 Å². The quantitative estimate of drug-likeness (QED) is 0.802. The lowest BCUT2D eigenvalue weighted by Gasteiger charge is -2.20. The minimum Gasteiger partial charge on any atom is -0.497 e. The monoisotopic (exact) mass is 380 g/mol. The third kappa shape index (κ3) is 6.02. The number of carbonyl (C=O) groups excluding carboxylic acids is 2. The summed E-state index contributed by atoms with van der Waals surface area (Å²) in [7, 11) is 1.45. The van der Waals surface area contributed by atoms with Gasteiger partial charge < -0.3 is 15.4 Å². The highest BCUT2D eigenvalue weighted by Gasteiger charge is 2.40. The van der Waals surface area contributed by atoms with Crippen LogP contribution in [0.25, 0.3) is 0 Å². The zero-order valence-electron chi connectivity index (χ0n) is 14.8. The molecule has 0 heterocycles. The van der Waals surface area contributed by atoms with Crippen molar-refractivity contribution in [2.45, 2.75) is 25.6 Å². The van der Waals surface area contributed by atoms with Crippen molar-refractivity contribution in [3.05, 3.63) is 59.7 Å². The fraction of sp³-hybridized carbons (Fsp3) is 0.263. The first-order chi connectivity index (χ1) is 12.7. The largest absolute Gasteiger partial charge is 0.497 e. The number of anilines is 1. The predicted octanol–water partition coefficient (Wildman–Crippen LogP) is 3.75. The number of ether oxygens (including phenoxy) is 1. The van der Waals surface area contributed by atoms with Crippen molar-refractivity contribution >= 4 is 17.5 Å². The lowest BCUT2D eigenvalue weighted by molar-refractivity contribution is -0.174. The molecule has 0 saturated heterocycles. The Hall–Kier alpha value is -3.03. The SMILES string of the molecule is COc1ccc(C(CC(=O)Nc2cccc(C)c2)NC(=O)C(F)(F)F)cc1. The Balaban J connectivity index is 2.17. The van der Waals surface area contributed by atoms with E-state index in [1.165, 1.54) is 19.2 Å². The second-order valence-corrected chi connectivity index (χ2v) is 5.92. The van der Waals surface area contributed by atoms with Crippen LogP contribution in [0, 0.1) is 6.92 Å². The van der Waals surface area contributed by atoms with Crippen LogP contribution < -0.4 is 15.4 Å². The summed E-state index contributed by atoms with van der Waals surface area (Å²) in [5.74, 6) is -2.13. The molecule has 0 radical (unpaired) electrons. The molecule has 2 N–H and O–H groups in total. The average Bonchev–Trinajstić information content (AvgIpc) is 2.60. The number of rotatable bonds is 6. The van der Waals surface area contributed by atoms with Crippen molar-refractivity contribution in [3.8, 4) is 5.75 Å². The third-order valence-corrected chi connectivity index (χ3v) is 3.77. The number of aryl methyl sites for hydroxylation is 1. The van der Waals surface area contributed by atoms with E-state index in [-0.39, 0.29) is 6.42 Å². The molecule has 2 amide bonds. The second kappa shape index (κ2) is 8.57. The van der Waals surface area contributed by atoms with Gasteiger partial charge in [0.15, 0.2) is 0 Å². The highest BCUT2D eigenvalue weighted by molar-refractivity contribution is 5.92. The lowest BCUT2D eigenvalue weighted by Crippen LogP contribution is -2.40. The molecule has 1 atom stereocenters. The van der Waals surface area contributed by atoms with Crippen LogP contribution in [0.3, 0.4) is 0 Å². The number of hydrogen-bond donors (Lipinski definition) is 2. The molecular weight excluding hydrogens is 361 g/mol. The number of amides is 2. The molecule has 0 aromatic heterocycles. The zero-order valence-corrected chi connectivity index (χ0v) is 14.8. The number of alkyl halides is 3. The topological polar surface area (TPSA) is 67.4 Å². The minimum absolute atomic E-state index is 0.354. The number of halogens is 3. The number of hydrogen-bond acceptors (Lipinski definition) is 3. The number of benzene rings is 2. The van der Waals surface area contributed by atoms with Crippen LogP contribution >= 0.6 is 0 Å². The van der Waals surface area contributed by atoms with Crippen molar-refractivity contribution in [1.82, 2.24) is 5.32 Å². The summed E-state index contributed by atoms with van der Waals surface area (Å²) in [6.45, 7) is 1.85. The maximum absolute atomic E-state index is 12.6. The standard InChI is InChI=1S/C19H19F3N2O3/c1-12-4-3-5-14(10-12)23-17(25)11-16(24-18(26)19(20,21)22)13-6-8-15(27-2)9-7-13/h3-10,16H,11H2,1-2H3,(H,23,25)(H,24,26). The first kappa shape index (κ1) is 20.3. The van der Waals surface area contributed by atoms with Crippen molar-refractivity contribution in [1.29, 1.82) is 0 Å². The van der Waals surface area contributed by atoms with Crippen LogP contribution in [0.4, 0.5) is 18.9 Å². The van der Waals surface area contributed by atoms with Crippen LogP contribution in [0.1, 0.15) is 23.6 Å². The highest BCUT2D eigenvalue weighted by atomic mass is 19.4. The van der Waals surface area contributed by atoms with Gasteiger partial charge in [0.05, 0.1) is 19.6 Å². The summed E-state index contributed by atoms with van der Waals surface area (Å²) in [6.07, 6.45) is -5.40. The van der Waals surface area contributed by atoms with Crippen molar-refractivity contribution < 1.29 is 27.5 Å². The van der Waals surface area contributed by atoms with Gasteiger partial charge in [-0.15, -0.1) is 0 Å². The van der Waals surface area contributed by atoms with E-state index in [9.17, 15) is 22.8 Å². The molecule has 144 valence electrons. The highest BCUT2D eigenvalue weighted by Crippen LogP contribution is 2.24. The second-order valence-electron chi connectivity index (χ2n) is 5.92. The smallest absolute Gasteiger partial charge is 0.471 e. The van der Waals surface area contributed by atoms with Crippen molar-refractivity contribution in [2.24, 2.45) is 0 Å². The van der Waals surface area contributed by atoms with Crippen LogP contribution in [0.5, 0.6) is 5.75 Å². The van der Waals surface area contributed by atoms with Crippen LogP contribution in [0.15, 0.2) is 48.5 Å². The zero-order chi connectivity index (χ0) is 20.0. The molecule has 8 heteroatoms. The number of methoxy groups -OCH3 is 1. The molecule has 27 heavy (non-hydrogen) atoms. The summed E-state index contributed by atoms with van der Waals surface area (Å²) in [6, 6.07) is 11.9. The molecule has 1 unspecified atom stereocenters. The first-order valence-corrected chi connectivity index (χ1v) is 8.07. The van der Waals surface area contributed by atoms with Gasteiger partial charge in [0.2, 0.25) is 5.91 Å². The third-order valence-electron chi connectivity index (χ3n) is 3.77. The molecule has 2 rings (SSSR count). The summed E-state index contributed by atoms with van der Waals surface area (Å²) in [4.78, 5) is 23.7. The Morgan fingerprint density at radius 1 is 1.11 bits per heavy atom. The Morgan fingerprint density at radius 3 is 2.33 bits per heavy atom. The molecule has 5 nitrogen and oxygen atoms in total. The van der Waals surface area contributed by atoms with E-state index >= 15 is 0 Å². The van der Waals surface area contributed by atoms with Crippen LogP contribution in [-0.2, 0) is 9.59 Å². The molecule has 2 aromatic carbocycles. The van der Waals surface area contributed by atoms with Gasteiger partial charge in [-0.25, -0.2) is 0 Å². The minimum atomic E-state index is -5.04. The Bertz CT molecular complexity index is 805.